The van der Waals surface area contributed by atoms with Gasteiger partial charge in [-0.15, -0.1) is 0 Å². The standard InChI is InChI=1S/C10H18/c1-7-5-9-3-4-10(6-9)8(7)2/h7-10H,3-6H2,1-2H3. The molecule has 0 aromatic rings. The first-order valence-electron chi connectivity index (χ1n) is 4.77. The lowest BCUT2D eigenvalue weighted by atomic mass is 9.74. The fraction of sp³-hybridized carbons (Fsp3) is 1.00. The molecule has 0 spiro atoms. The van der Waals surface area contributed by atoms with Gasteiger partial charge in [0.1, 0.15) is 0 Å². The molecular formula is C10H18. The molecule has 4 atom stereocenters. The molecule has 0 nitrogen and oxygen atoms in total. The Labute approximate surface area is 64.0 Å². The number of hydrogen-bond donors (Lipinski definition) is 0. The molecule has 0 heterocycles. The molecule has 58 valence electrons. The fourth-order valence-corrected chi connectivity index (χ4v) is 3.01. The summed E-state index contributed by atoms with van der Waals surface area (Å²) in [6.45, 7) is 4.89. The first kappa shape index (κ1) is 6.69. The lowest BCUT2D eigenvalue weighted by Gasteiger charge is -2.31. The summed E-state index contributed by atoms with van der Waals surface area (Å²) in [4.78, 5) is 0. The van der Waals surface area contributed by atoms with Gasteiger partial charge in [0.25, 0.3) is 0 Å². The highest BCUT2D eigenvalue weighted by molar-refractivity contribution is 4.87. The first-order chi connectivity index (χ1) is 4.77. The largest absolute Gasteiger partial charge is 0.0622 e. The third kappa shape index (κ3) is 0.889. The van der Waals surface area contributed by atoms with Crippen LogP contribution in [0.4, 0.5) is 0 Å². The minimum Gasteiger partial charge on any atom is -0.0622 e. The third-order valence-electron chi connectivity index (χ3n) is 3.93. The quantitative estimate of drug-likeness (QED) is 0.482. The second kappa shape index (κ2) is 2.25. The third-order valence-corrected chi connectivity index (χ3v) is 3.93. The van der Waals surface area contributed by atoms with Crippen LogP contribution in [-0.4, -0.2) is 0 Å². The van der Waals surface area contributed by atoms with Gasteiger partial charge in [-0.3, -0.25) is 0 Å². The SMILES string of the molecule is CC1CC2CCC(C2)C1C. The van der Waals surface area contributed by atoms with Gasteiger partial charge in [-0.2, -0.15) is 0 Å². The molecule has 10 heavy (non-hydrogen) atoms. The molecule has 2 saturated carbocycles. The summed E-state index contributed by atoms with van der Waals surface area (Å²) in [5, 5.41) is 0. The lowest BCUT2D eigenvalue weighted by Crippen LogP contribution is -2.22. The van der Waals surface area contributed by atoms with Crippen molar-refractivity contribution < 1.29 is 0 Å². The zero-order valence-electron chi connectivity index (χ0n) is 7.14. The predicted molar refractivity (Wildman–Crippen MR) is 43.8 cm³/mol. The number of rotatable bonds is 0. The van der Waals surface area contributed by atoms with Gasteiger partial charge < -0.3 is 0 Å². The maximum atomic E-state index is 2.46. The summed E-state index contributed by atoms with van der Waals surface area (Å²) in [5.74, 6) is 4.27. The Balaban J connectivity index is 2.09. The van der Waals surface area contributed by atoms with Crippen LogP contribution in [0.3, 0.4) is 0 Å². The molecule has 0 heteroatoms. The van der Waals surface area contributed by atoms with E-state index in [1.54, 1.807) is 12.8 Å². The molecule has 0 aromatic carbocycles. The van der Waals surface area contributed by atoms with E-state index in [2.05, 4.69) is 13.8 Å². The van der Waals surface area contributed by atoms with Crippen molar-refractivity contribution in [1.29, 1.82) is 0 Å². The Hall–Kier alpha value is 0. The highest BCUT2D eigenvalue weighted by Crippen LogP contribution is 2.47. The summed E-state index contributed by atoms with van der Waals surface area (Å²) < 4.78 is 0. The summed E-state index contributed by atoms with van der Waals surface area (Å²) in [7, 11) is 0. The van der Waals surface area contributed by atoms with Crippen LogP contribution in [0.15, 0.2) is 0 Å². The van der Waals surface area contributed by atoms with Crippen LogP contribution >= 0.6 is 0 Å². The van der Waals surface area contributed by atoms with Crippen molar-refractivity contribution in [3.05, 3.63) is 0 Å². The second-order valence-electron chi connectivity index (χ2n) is 4.51. The summed E-state index contributed by atoms with van der Waals surface area (Å²) >= 11 is 0. The maximum Gasteiger partial charge on any atom is -0.0383 e. The van der Waals surface area contributed by atoms with Crippen LogP contribution in [0.25, 0.3) is 0 Å². The normalized spacial score (nSPS) is 53.4. The van der Waals surface area contributed by atoms with E-state index in [0.29, 0.717) is 0 Å². The van der Waals surface area contributed by atoms with Gasteiger partial charge in [-0.25, -0.2) is 0 Å². The maximum absolute atomic E-state index is 2.46. The van der Waals surface area contributed by atoms with Crippen molar-refractivity contribution in [2.45, 2.75) is 39.5 Å². The summed E-state index contributed by atoms with van der Waals surface area (Å²) in [6.07, 6.45) is 6.17. The van der Waals surface area contributed by atoms with Crippen LogP contribution in [0, 0.1) is 23.7 Å². The van der Waals surface area contributed by atoms with Crippen LogP contribution in [0.1, 0.15) is 39.5 Å². The topological polar surface area (TPSA) is 0 Å². The second-order valence-corrected chi connectivity index (χ2v) is 4.51. The first-order valence-corrected chi connectivity index (χ1v) is 4.77. The van der Waals surface area contributed by atoms with Crippen LogP contribution < -0.4 is 0 Å². The Bertz CT molecular complexity index is 128. The van der Waals surface area contributed by atoms with Crippen molar-refractivity contribution in [2.75, 3.05) is 0 Å². The van der Waals surface area contributed by atoms with Crippen molar-refractivity contribution in [3.8, 4) is 0 Å². The molecule has 0 aromatic heterocycles. The molecule has 0 N–H and O–H groups in total. The van der Waals surface area contributed by atoms with Crippen LogP contribution in [-0.2, 0) is 0 Å². The molecular weight excluding hydrogens is 120 g/mol. The number of hydrogen-bond acceptors (Lipinski definition) is 0. The molecule has 4 unspecified atom stereocenters. The minimum atomic E-state index is 1.02. The Morgan fingerprint density at radius 2 is 1.80 bits per heavy atom. The fourth-order valence-electron chi connectivity index (χ4n) is 3.01. The Morgan fingerprint density at radius 3 is 2.60 bits per heavy atom. The van der Waals surface area contributed by atoms with Gasteiger partial charge in [0.15, 0.2) is 0 Å². The van der Waals surface area contributed by atoms with Gasteiger partial charge >= 0.3 is 0 Å². The van der Waals surface area contributed by atoms with E-state index in [4.69, 9.17) is 0 Å². The molecule has 2 aliphatic carbocycles. The van der Waals surface area contributed by atoms with E-state index in [1.165, 1.54) is 12.8 Å². The zero-order valence-corrected chi connectivity index (χ0v) is 7.14. The Kier molecular flexibility index (Phi) is 1.51. The van der Waals surface area contributed by atoms with Crippen LogP contribution in [0.5, 0.6) is 0 Å². The smallest absolute Gasteiger partial charge is 0.0383 e. The van der Waals surface area contributed by atoms with Gasteiger partial charge in [0, 0.05) is 0 Å². The zero-order chi connectivity index (χ0) is 7.14. The van der Waals surface area contributed by atoms with Gasteiger partial charge in [0.05, 0.1) is 0 Å². The molecule has 0 saturated heterocycles. The molecule has 2 fully saturated rings. The highest BCUT2D eigenvalue weighted by atomic mass is 14.4. The van der Waals surface area contributed by atoms with Crippen molar-refractivity contribution in [3.63, 3.8) is 0 Å². The molecule has 2 bridgehead atoms. The highest BCUT2D eigenvalue weighted by Gasteiger charge is 2.37. The minimum absolute atomic E-state index is 1.02. The van der Waals surface area contributed by atoms with E-state index in [-0.39, 0.29) is 0 Å². The van der Waals surface area contributed by atoms with Gasteiger partial charge in [-0.05, 0) is 42.9 Å². The van der Waals surface area contributed by atoms with Crippen molar-refractivity contribution in [2.24, 2.45) is 23.7 Å². The molecule has 0 aliphatic heterocycles. The van der Waals surface area contributed by atoms with Crippen molar-refractivity contribution >= 4 is 0 Å². The van der Waals surface area contributed by atoms with E-state index in [1.807, 2.05) is 0 Å². The average Bonchev–Trinajstić information content (AvgIpc) is 2.29. The van der Waals surface area contributed by atoms with E-state index in [0.717, 1.165) is 23.7 Å². The van der Waals surface area contributed by atoms with Crippen LogP contribution in [0.2, 0.25) is 0 Å². The van der Waals surface area contributed by atoms with E-state index in [9.17, 15) is 0 Å². The van der Waals surface area contributed by atoms with Crippen molar-refractivity contribution in [1.82, 2.24) is 0 Å². The predicted octanol–water partition coefficient (Wildman–Crippen LogP) is 3.08. The van der Waals surface area contributed by atoms with Gasteiger partial charge in [0.2, 0.25) is 0 Å². The van der Waals surface area contributed by atoms with E-state index < -0.39 is 0 Å². The van der Waals surface area contributed by atoms with E-state index >= 15 is 0 Å². The molecule has 0 amide bonds. The summed E-state index contributed by atoms with van der Waals surface area (Å²) in [5.41, 5.74) is 0. The lowest BCUT2D eigenvalue weighted by molar-refractivity contribution is 0.186. The molecule has 0 radical (unpaired) electrons. The Morgan fingerprint density at radius 1 is 1.00 bits per heavy atom. The average molecular weight is 138 g/mol. The molecule has 2 rings (SSSR count). The number of fused-ring (bicyclic) bond motifs is 2. The van der Waals surface area contributed by atoms with Gasteiger partial charge in [-0.1, -0.05) is 20.3 Å². The molecule has 2 aliphatic rings. The summed E-state index contributed by atoms with van der Waals surface area (Å²) in [6, 6.07) is 0. The monoisotopic (exact) mass is 138 g/mol.